The molecule has 0 aromatic heterocycles. The smallest absolute Gasteiger partial charge is 0.157 e. The number of aromatic hydroxyl groups is 3. The predicted octanol–water partition coefficient (Wildman–Crippen LogP) is 1.95. The fourth-order valence-corrected chi connectivity index (χ4v) is 2.12. The Hall–Kier alpha value is -2.50. The molecule has 5 heteroatoms. The van der Waals surface area contributed by atoms with E-state index in [9.17, 15) is 25.5 Å². The van der Waals surface area contributed by atoms with Gasteiger partial charge in [0.05, 0.1) is 12.7 Å². The zero-order chi connectivity index (χ0) is 16.1. The van der Waals surface area contributed by atoms with Crippen LogP contribution in [0.4, 0.5) is 0 Å². The lowest BCUT2D eigenvalue weighted by molar-refractivity contribution is 0.0842. The lowest BCUT2D eigenvalue weighted by Crippen LogP contribution is -2.20. The first kappa shape index (κ1) is 15.9. The van der Waals surface area contributed by atoms with Crippen molar-refractivity contribution in [1.82, 2.24) is 0 Å². The third kappa shape index (κ3) is 3.78. The summed E-state index contributed by atoms with van der Waals surface area (Å²) in [5.41, 5.74) is 1.38. The van der Waals surface area contributed by atoms with Crippen molar-refractivity contribution in [3.63, 3.8) is 0 Å². The SMILES string of the molecule is OCC(O)[C@@H](/C=C/c1ccc(O)cc1)c1ccc(O)c(O)c1. The van der Waals surface area contributed by atoms with E-state index < -0.39 is 18.6 Å². The average Bonchev–Trinajstić information content (AvgIpc) is 2.52. The summed E-state index contributed by atoms with van der Waals surface area (Å²) in [5, 5.41) is 47.3. The van der Waals surface area contributed by atoms with E-state index in [-0.39, 0.29) is 17.2 Å². The number of phenols is 3. The van der Waals surface area contributed by atoms with E-state index in [0.29, 0.717) is 5.56 Å². The molecule has 0 fully saturated rings. The van der Waals surface area contributed by atoms with Crippen LogP contribution in [-0.4, -0.2) is 38.2 Å². The first-order valence-corrected chi connectivity index (χ1v) is 6.79. The van der Waals surface area contributed by atoms with Crippen LogP contribution in [-0.2, 0) is 0 Å². The summed E-state index contributed by atoms with van der Waals surface area (Å²) in [6.45, 7) is -0.438. The summed E-state index contributed by atoms with van der Waals surface area (Å²) < 4.78 is 0. The zero-order valence-electron chi connectivity index (χ0n) is 11.8. The lowest BCUT2D eigenvalue weighted by Gasteiger charge is -2.19. The summed E-state index contributed by atoms with van der Waals surface area (Å²) in [4.78, 5) is 0. The molecule has 0 spiro atoms. The van der Waals surface area contributed by atoms with Crippen molar-refractivity contribution in [3.05, 3.63) is 59.7 Å². The van der Waals surface area contributed by atoms with Crippen LogP contribution in [0.3, 0.4) is 0 Å². The van der Waals surface area contributed by atoms with Crippen molar-refractivity contribution >= 4 is 6.08 Å². The van der Waals surface area contributed by atoms with E-state index in [1.54, 1.807) is 42.5 Å². The van der Waals surface area contributed by atoms with Crippen molar-refractivity contribution < 1.29 is 25.5 Å². The first-order chi connectivity index (χ1) is 10.5. The van der Waals surface area contributed by atoms with Crippen molar-refractivity contribution in [2.75, 3.05) is 6.61 Å². The van der Waals surface area contributed by atoms with Crippen molar-refractivity contribution in [2.45, 2.75) is 12.0 Å². The highest BCUT2D eigenvalue weighted by molar-refractivity contribution is 5.53. The summed E-state index contributed by atoms with van der Waals surface area (Å²) >= 11 is 0. The minimum atomic E-state index is -1.04. The van der Waals surface area contributed by atoms with Crippen LogP contribution in [0, 0.1) is 0 Å². The van der Waals surface area contributed by atoms with Gasteiger partial charge < -0.3 is 25.5 Å². The van der Waals surface area contributed by atoms with Gasteiger partial charge in [0.2, 0.25) is 0 Å². The second kappa shape index (κ2) is 6.98. The molecule has 5 N–H and O–H groups in total. The second-order valence-electron chi connectivity index (χ2n) is 4.97. The molecule has 116 valence electrons. The molecule has 0 amide bonds. The van der Waals surface area contributed by atoms with Gasteiger partial charge >= 0.3 is 0 Å². The monoisotopic (exact) mass is 302 g/mol. The van der Waals surface area contributed by atoms with Gasteiger partial charge in [0.25, 0.3) is 0 Å². The van der Waals surface area contributed by atoms with Gasteiger partial charge in [-0.2, -0.15) is 0 Å². The maximum absolute atomic E-state index is 9.97. The second-order valence-corrected chi connectivity index (χ2v) is 4.97. The van der Waals surface area contributed by atoms with Crippen LogP contribution in [0.2, 0.25) is 0 Å². The van der Waals surface area contributed by atoms with E-state index in [2.05, 4.69) is 0 Å². The first-order valence-electron chi connectivity index (χ1n) is 6.79. The molecule has 0 bridgehead atoms. The van der Waals surface area contributed by atoms with E-state index in [0.717, 1.165) is 5.56 Å². The molecule has 2 aromatic carbocycles. The van der Waals surface area contributed by atoms with Crippen LogP contribution < -0.4 is 0 Å². The molecule has 0 aliphatic carbocycles. The summed E-state index contributed by atoms with van der Waals surface area (Å²) in [7, 11) is 0. The fraction of sp³-hybridized carbons (Fsp3) is 0.176. The third-order valence-corrected chi connectivity index (χ3v) is 3.38. The molecule has 0 radical (unpaired) electrons. The summed E-state index contributed by atoms with van der Waals surface area (Å²) in [6.07, 6.45) is 2.39. The van der Waals surface area contributed by atoms with Crippen LogP contribution in [0.25, 0.3) is 6.08 Å². The van der Waals surface area contributed by atoms with E-state index in [1.807, 2.05) is 0 Å². The lowest BCUT2D eigenvalue weighted by atomic mass is 9.92. The van der Waals surface area contributed by atoms with Crippen molar-refractivity contribution in [1.29, 1.82) is 0 Å². The molecule has 0 saturated carbocycles. The Morgan fingerprint density at radius 3 is 2.18 bits per heavy atom. The molecule has 0 saturated heterocycles. The minimum absolute atomic E-state index is 0.160. The Morgan fingerprint density at radius 2 is 1.59 bits per heavy atom. The molecular weight excluding hydrogens is 284 g/mol. The largest absolute Gasteiger partial charge is 0.508 e. The van der Waals surface area contributed by atoms with Gasteiger partial charge in [-0.05, 0) is 35.4 Å². The molecular formula is C17H18O5. The molecule has 0 aliphatic rings. The maximum atomic E-state index is 9.97. The van der Waals surface area contributed by atoms with Gasteiger partial charge in [-0.3, -0.25) is 0 Å². The zero-order valence-corrected chi connectivity index (χ0v) is 11.8. The fourth-order valence-electron chi connectivity index (χ4n) is 2.12. The maximum Gasteiger partial charge on any atom is 0.157 e. The Morgan fingerprint density at radius 1 is 0.909 bits per heavy atom. The van der Waals surface area contributed by atoms with Gasteiger partial charge in [0.15, 0.2) is 11.5 Å². The third-order valence-electron chi connectivity index (χ3n) is 3.38. The highest BCUT2D eigenvalue weighted by atomic mass is 16.3. The number of benzene rings is 2. The molecule has 0 heterocycles. The molecule has 2 aromatic rings. The summed E-state index contributed by atoms with van der Waals surface area (Å²) in [6, 6.07) is 10.8. The van der Waals surface area contributed by atoms with E-state index in [4.69, 9.17) is 0 Å². The Kier molecular flexibility index (Phi) is 5.04. The minimum Gasteiger partial charge on any atom is -0.508 e. The van der Waals surface area contributed by atoms with Crippen LogP contribution in [0.5, 0.6) is 17.2 Å². The van der Waals surface area contributed by atoms with Gasteiger partial charge in [0, 0.05) is 5.92 Å². The number of phenolic OH excluding ortho intramolecular Hbond substituents is 3. The van der Waals surface area contributed by atoms with E-state index >= 15 is 0 Å². The standard InChI is InChI=1S/C17H18O5/c18-10-17(22)14(12-4-8-15(20)16(21)9-12)7-3-11-1-5-13(19)6-2-11/h1-9,14,17-22H,10H2/b7-3+/t14-,17?/m0/s1. The van der Waals surface area contributed by atoms with Crippen molar-refractivity contribution in [3.8, 4) is 17.2 Å². The Labute approximate surface area is 128 Å². The molecule has 2 atom stereocenters. The molecule has 0 aliphatic heterocycles. The van der Waals surface area contributed by atoms with Crippen LogP contribution >= 0.6 is 0 Å². The Bertz CT molecular complexity index is 649. The Balaban J connectivity index is 2.29. The number of rotatable bonds is 5. The molecule has 1 unspecified atom stereocenters. The predicted molar refractivity (Wildman–Crippen MR) is 82.7 cm³/mol. The van der Waals surface area contributed by atoms with Crippen molar-refractivity contribution in [2.24, 2.45) is 0 Å². The topological polar surface area (TPSA) is 101 Å². The van der Waals surface area contributed by atoms with Gasteiger partial charge in [-0.1, -0.05) is 30.4 Å². The molecule has 22 heavy (non-hydrogen) atoms. The molecule has 2 rings (SSSR count). The van der Waals surface area contributed by atoms with Gasteiger partial charge in [0.1, 0.15) is 5.75 Å². The summed E-state index contributed by atoms with van der Waals surface area (Å²) in [5.74, 6) is -0.924. The highest BCUT2D eigenvalue weighted by Gasteiger charge is 2.19. The number of hydrogen-bond donors (Lipinski definition) is 5. The number of hydrogen-bond acceptors (Lipinski definition) is 5. The van der Waals surface area contributed by atoms with Crippen LogP contribution in [0.1, 0.15) is 17.0 Å². The normalized spacial score (nSPS) is 14.1. The average molecular weight is 302 g/mol. The molecule has 5 nitrogen and oxygen atoms in total. The number of aliphatic hydroxyl groups excluding tert-OH is 2. The number of aliphatic hydroxyl groups is 2. The van der Waals surface area contributed by atoms with Crippen LogP contribution in [0.15, 0.2) is 48.5 Å². The van der Waals surface area contributed by atoms with Gasteiger partial charge in [-0.25, -0.2) is 0 Å². The van der Waals surface area contributed by atoms with E-state index in [1.165, 1.54) is 12.1 Å². The highest BCUT2D eigenvalue weighted by Crippen LogP contribution is 2.31. The quantitative estimate of drug-likeness (QED) is 0.543. The van der Waals surface area contributed by atoms with Gasteiger partial charge in [-0.15, -0.1) is 0 Å².